The number of ketones is 1. The van der Waals surface area contributed by atoms with Gasteiger partial charge in [-0.3, -0.25) is 4.79 Å². The van der Waals surface area contributed by atoms with Gasteiger partial charge in [0.1, 0.15) is 0 Å². The SMILES string of the molecule is O=C(CCC(F)(F)F)c1ccc(I)cc1. The molecule has 5 heteroatoms. The van der Waals surface area contributed by atoms with E-state index in [2.05, 4.69) is 22.6 Å². The predicted octanol–water partition coefficient (Wildman–Crippen LogP) is 3.82. The third-order valence-electron chi connectivity index (χ3n) is 1.80. The lowest BCUT2D eigenvalue weighted by atomic mass is 10.1. The maximum absolute atomic E-state index is 11.8. The van der Waals surface area contributed by atoms with Crippen LogP contribution in [0.2, 0.25) is 0 Å². The molecule has 15 heavy (non-hydrogen) atoms. The number of Topliss-reactive ketones (excluding diaryl/α,β-unsaturated/α-hetero) is 1. The van der Waals surface area contributed by atoms with Crippen LogP contribution in [0.1, 0.15) is 23.2 Å². The molecule has 0 radical (unpaired) electrons. The molecule has 0 spiro atoms. The van der Waals surface area contributed by atoms with E-state index >= 15 is 0 Å². The van der Waals surface area contributed by atoms with Crippen molar-refractivity contribution in [3.63, 3.8) is 0 Å². The number of benzene rings is 1. The summed E-state index contributed by atoms with van der Waals surface area (Å²) in [4.78, 5) is 11.3. The molecule has 0 aliphatic carbocycles. The van der Waals surface area contributed by atoms with Gasteiger partial charge in [0.2, 0.25) is 0 Å². The third-order valence-corrected chi connectivity index (χ3v) is 2.52. The van der Waals surface area contributed by atoms with E-state index in [0.29, 0.717) is 5.56 Å². The van der Waals surface area contributed by atoms with E-state index in [9.17, 15) is 18.0 Å². The number of halogens is 4. The largest absolute Gasteiger partial charge is 0.389 e. The summed E-state index contributed by atoms with van der Waals surface area (Å²) >= 11 is 2.06. The summed E-state index contributed by atoms with van der Waals surface area (Å²) in [5, 5.41) is 0. The predicted molar refractivity (Wildman–Crippen MR) is 58.8 cm³/mol. The van der Waals surface area contributed by atoms with Crippen molar-refractivity contribution in [1.82, 2.24) is 0 Å². The first-order valence-corrected chi connectivity index (χ1v) is 5.32. The molecule has 1 aromatic rings. The zero-order valence-corrected chi connectivity index (χ0v) is 9.80. The summed E-state index contributed by atoms with van der Waals surface area (Å²) in [6.07, 6.45) is -5.80. The van der Waals surface area contributed by atoms with Crippen molar-refractivity contribution in [2.24, 2.45) is 0 Å². The summed E-state index contributed by atoms with van der Waals surface area (Å²) in [5.41, 5.74) is 0.333. The highest BCUT2D eigenvalue weighted by molar-refractivity contribution is 14.1. The second kappa shape index (κ2) is 4.96. The Labute approximate surface area is 98.8 Å². The van der Waals surface area contributed by atoms with Crippen LogP contribution < -0.4 is 0 Å². The van der Waals surface area contributed by atoms with Gasteiger partial charge in [-0.05, 0) is 34.7 Å². The molecule has 0 amide bonds. The first-order chi connectivity index (χ1) is 6.88. The second-order valence-electron chi connectivity index (χ2n) is 3.05. The summed E-state index contributed by atoms with van der Waals surface area (Å²) < 4.78 is 36.5. The van der Waals surface area contributed by atoms with Crippen LogP contribution >= 0.6 is 22.6 Å². The van der Waals surface area contributed by atoms with Crippen LogP contribution in [0.5, 0.6) is 0 Å². The number of hydrogen-bond donors (Lipinski definition) is 0. The van der Waals surface area contributed by atoms with Crippen molar-refractivity contribution in [2.75, 3.05) is 0 Å². The highest BCUT2D eigenvalue weighted by atomic mass is 127. The van der Waals surface area contributed by atoms with E-state index in [1.807, 2.05) is 0 Å². The number of hydrogen-bond acceptors (Lipinski definition) is 1. The van der Waals surface area contributed by atoms with Crippen LogP contribution in [0.3, 0.4) is 0 Å². The van der Waals surface area contributed by atoms with Gasteiger partial charge in [-0.25, -0.2) is 0 Å². The average Bonchev–Trinajstić information content (AvgIpc) is 2.14. The molecule has 0 aliphatic heterocycles. The molecule has 0 saturated carbocycles. The van der Waals surface area contributed by atoms with E-state index in [1.165, 1.54) is 0 Å². The van der Waals surface area contributed by atoms with Gasteiger partial charge in [-0.2, -0.15) is 13.2 Å². The van der Waals surface area contributed by atoms with Gasteiger partial charge in [0.05, 0.1) is 6.42 Å². The van der Waals surface area contributed by atoms with Crippen molar-refractivity contribution in [3.05, 3.63) is 33.4 Å². The molecule has 0 saturated heterocycles. The van der Waals surface area contributed by atoms with Crippen molar-refractivity contribution in [1.29, 1.82) is 0 Å². The first-order valence-electron chi connectivity index (χ1n) is 4.24. The van der Waals surface area contributed by atoms with Crippen molar-refractivity contribution >= 4 is 28.4 Å². The van der Waals surface area contributed by atoms with E-state index in [4.69, 9.17) is 0 Å². The van der Waals surface area contributed by atoms with Gasteiger partial charge in [-0.1, -0.05) is 12.1 Å². The molecule has 1 nitrogen and oxygen atoms in total. The Morgan fingerprint density at radius 2 is 1.73 bits per heavy atom. The van der Waals surface area contributed by atoms with Gasteiger partial charge >= 0.3 is 6.18 Å². The lowest BCUT2D eigenvalue weighted by Crippen LogP contribution is -2.10. The monoisotopic (exact) mass is 328 g/mol. The molecule has 0 bridgehead atoms. The zero-order chi connectivity index (χ0) is 11.5. The van der Waals surface area contributed by atoms with Gasteiger partial charge < -0.3 is 0 Å². The lowest BCUT2D eigenvalue weighted by molar-refractivity contribution is -0.133. The second-order valence-corrected chi connectivity index (χ2v) is 4.29. The van der Waals surface area contributed by atoms with E-state index in [-0.39, 0.29) is 0 Å². The van der Waals surface area contributed by atoms with Crippen LogP contribution in [0.15, 0.2) is 24.3 Å². The van der Waals surface area contributed by atoms with Crippen LogP contribution in [0.4, 0.5) is 13.2 Å². The molecule has 0 unspecified atom stereocenters. The van der Waals surface area contributed by atoms with Gasteiger partial charge in [0, 0.05) is 15.6 Å². The lowest BCUT2D eigenvalue weighted by Gasteiger charge is -2.05. The Balaban J connectivity index is 2.58. The fourth-order valence-electron chi connectivity index (χ4n) is 1.04. The van der Waals surface area contributed by atoms with Crippen LogP contribution in [-0.2, 0) is 0 Å². The minimum absolute atomic E-state index is 0.333. The third kappa shape index (κ3) is 4.63. The summed E-state index contributed by atoms with van der Waals surface area (Å²) in [7, 11) is 0. The number of carbonyl (C=O) groups excluding carboxylic acids is 1. The van der Waals surface area contributed by atoms with Gasteiger partial charge in [-0.15, -0.1) is 0 Å². The fourth-order valence-corrected chi connectivity index (χ4v) is 1.39. The topological polar surface area (TPSA) is 17.1 Å². The van der Waals surface area contributed by atoms with Gasteiger partial charge in [0.15, 0.2) is 5.78 Å². The van der Waals surface area contributed by atoms with Crippen molar-refractivity contribution in [2.45, 2.75) is 19.0 Å². The Morgan fingerprint density at radius 1 is 1.20 bits per heavy atom. The molecule has 0 N–H and O–H groups in total. The van der Waals surface area contributed by atoms with E-state index in [0.717, 1.165) is 3.57 Å². The summed E-state index contributed by atoms with van der Waals surface area (Å²) in [6.45, 7) is 0. The van der Waals surface area contributed by atoms with Crippen molar-refractivity contribution in [3.8, 4) is 0 Å². The molecule has 0 fully saturated rings. The number of alkyl halides is 3. The molecular weight excluding hydrogens is 320 g/mol. The Kier molecular flexibility index (Phi) is 4.12. The summed E-state index contributed by atoms with van der Waals surface area (Å²) in [6, 6.07) is 6.48. The highest BCUT2D eigenvalue weighted by Gasteiger charge is 2.27. The average molecular weight is 328 g/mol. The first kappa shape index (κ1) is 12.5. The van der Waals surface area contributed by atoms with Crippen molar-refractivity contribution < 1.29 is 18.0 Å². The molecular formula is C10H8F3IO. The molecule has 82 valence electrons. The molecule has 0 heterocycles. The zero-order valence-electron chi connectivity index (χ0n) is 7.64. The highest BCUT2D eigenvalue weighted by Crippen LogP contribution is 2.22. The Morgan fingerprint density at radius 3 is 2.20 bits per heavy atom. The van der Waals surface area contributed by atoms with E-state index in [1.54, 1.807) is 24.3 Å². The molecule has 1 rings (SSSR count). The minimum atomic E-state index is -4.27. The fraction of sp³-hybridized carbons (Fsp3) is 0.300. The minimum Gasteiger partial charge on any atom is -0.294 e. The van der Waals surface area contributed by atoms with Crippen LogP contribution in [0.25, 0.3) is 0 Å². The smallest absolute Gasteiger partial charge is 0.294 e. The standard InChI is InChI=1S/C10H8F3IO/c11-10(12,13)6-5-9(15)7-1-3-8(14)4-2-7/h1-4H,5-6H2. The Bertz CT molecular complexity index is 343. The molecule has 1 aromatic carbocycles. The van der Waals surface area contributed by atoms with Gasteiger partial charge in [0.25, 0.3) is 0 Å². The summed E-state index contributed by atoms with van der Waals surface area (Å²) in [5.74, 6) is -0.469. The number of rotatable bonds is 3. The molecule has 0 aliphatic rings. The normalized spacial score (nSPS) is 11.5. The van der Waals surface area contributed by atoms with Crippen LogP contribution in [0, 0.1) is 3.57 Å². The Hall–Kier alpha value is -0.590. The maximum Gasteiger partial charge on any atom is 0.389 e. The van der Waals surface area contributed by atoms with E-state index < -0.39 is 24.8 Å². The molecule has 0 atom stereocenters. The quantitative estimate of drug-likeness (QED) is 0.609. The number of carbonyl (C=O) groups is 1. The van der Waals surface area contributed by atoms with Crippen LogP contribution in [-0.4, -0.2) is 12.0 Å². The molecule has 0 aromatic heterocycles. The maximum atomic E-state index is 11.8.